The first kappa shape index (κ1) is 9.59. The summed E-state index contributed by atoms with van der Waals surface area (Å²) < 4.78 is 0. The van der Waals surface area contributed by atoms with E-state index in [1.54, 1.807) is 30.6 Å². The Balaban J connectivity index is 2.37. The van der Waals surface area contributed by atoms with Crippen LogP contribution in [-0.2, 0) is 0 Å². The van der Waals surface area contributed by atoms with Crippen molar-refractivity contribution in [1.82, 2.24) is 20.4 Å². The van der Waals surface area contributed by atoms with Crippen LogP contribution < -0.4 is 0 Å². The van der Waals surface area contributed by atoms with Crippen LogP contribution in [0, 0.1) is 0 Å². The van der Waals surface area contributed by atoms with E-state index in [9.17, 15) is 4.79 Å². The third-order valence-corrected chi connectivity index (χ3v) is 2.59. The Hall–Kier alpha value is -2.63. The summed E-state index contributed by atoms with van der Waals surface area (Å²) in [4.78, 5) is 11.2. The molecule has 0 radical (unpaired) electrons. The molecule has 0 aliphatic carbocycles. The summed E-state index contributed by atoms with van der Waals surface area (Å²) in [6, 6.07) is 5.03. The Bertz CT molecular complexity index is 685. The molecule has 0 aliphatic rings. The highest BCUT2D eigenvalue weighted by molar-refractivity contribution is 6.08. The predicted molar refractivity (Wildman–Crippen MR) is 60.6 cm³/mol. The number of aromatic amines is 2. The molecule has 0 amide bonds. The zero-order valence-electron chi connectivity index (χ0n) is 8.64. The fourth-order valence-electron chi connectivity index (χ4n) is 1.84. The van der Waals surface area contributed by atoms with Crippen LogP contribution in [0.1, 0.15) is 10.4 Å². The first-order chi connectivity index (χ1) is 8.27. The topological polar surface area (TPSA) is 94.7 Å². The summed E-state index contributed by atoms with van der Waals surface area (Å²) in [6.07, 6.45) is 3.28. The van der Waals surface area contributed by atoms with Crippen LogP contribution in [-0.4, -0.2) is 31.5 Å². The average Bonchev–Trinajstić information content (AvgIpc) is 2.96. The second-order valence-corrected chi connectivity index (χ2v) is 3.59. The maximum absolute atomic E-state index is 11.2. The maximum Gasteiger partial charge on any atom is 0.336 e. The Kier molecular flexibility index (Phi) is 1.94. The molecule has 0 unspecified atom stereocenters. The summed E-state index contributed by atoms with van der Waals surface area (Å²) in [7, 11) is 0. The number of aromatic nitrogens is 4. The molecular formula is C11H8N4O2. The zero-order chi connectivity index (χ0) is 11.8. The molecule has 17 heavy (non-hydrogen) atoms. The molecule has 0 atom stereocenters. The first-order valence-electron chi connectivity index (χ1n) is 4.97. The molecule has 6 nitrogen and oxygen atoms in total. The number of carboxylic acids is 1. The van der Waals surface area contributed by atoms with Gasteiger partial charge in [0.2, 0.25) is 0 Å². The molecule has 2 heterocycles. The lowest BCUT2D eigenvalue weighted by atomic mass is 10.1. The predicted octanol–water partition coefficient (Wildman–Crippen LogP) is 1.65. The number of rotatable bonds is 2. The van der Waals surface area contributed by atoms with Gasteiger partial charge in [0.1, 0.15) is 5.69 Å². The third kappa shape index (κ3) is 1.38. The summed E-state index contributed by atoms with van der Waals surface area (Å²) in [5, 5.41) is 23.2. The van der Waals surface area contributed by atoms with E-state index in [4.69, 9.17) is 5.11 Å². The lowest BCUT2D eigenvalue weighted by Gasteiger charge is -1.98. The SMILES string of the molecule is O=C(O)c1cccc2[nH]nc(-c3cn[nH]c3)c12. The fraction of sp³-hybridized carbons (Fsp3) is 0. The van der Waals surface area contributed by atoms with Crippen LogP contribution in [0.25, 0.3) is 22.2 Å². The number of nitrogens with zero attached hydrogens (tertiary/aromatic N) is 2. The number of H-pyrrole nitrogens is 2. The van der Waals surface area contributed by atoms with Gasteiger partial charge in [0.25, 0.3) is 0 Å². The molecule has 3 N–H and O–H groups in total. The highest BCUT2D eigenvalue weighted by atomic mass is 16.4. The van der Waals surface area contributed by atoms with E-state index in [1.807, 2.05) is 0 Å². The van der Waals surface area contributed by atoms with Crippen molar-refractivity contribution in [3.8, 4) is 11.3 Å². The van der Waals surface area contributed by atoms with Crippen LogP contribution in [0.5, 0.6) is 0 Å². The molecule has 0 aliphatic heterocycles. The van der Waals surface area contributed by atoms with E-state index >= 15 is 0 Å². The molecule has 3 rings (SSSR count). The second kappa shape index (κ2) is 3.44. The van der Waals surface area contributed by atoms with Gasteiger partial charge in [-0.05, 0) is 12.1 Å². The Morgan fingerprint density at radius 2 is 2.24 bits per heavy atom. The second-order valence-electron chi connectivity index (χ2n) is 3.59. The minimum Gasteiger partial charge on any atom is -0.478 e. The van der Waals surface area contributed by atoms with Crippen molar-refractivity contribution >= 4 is 16.9 Å². The smallest absolute Gasteiger partial charge is 0.336 e. The highest BCUT2D eigenvalue weighted by Crippen LogP contribution is 2.28. The summed E-state index contributed by atoms with van der Waals surface area (Å²) >= 11 is 0. The average molecular weight is 228 g/mol. The van der Waals surface area contributed by atoms with Crippen molar-refractivity contribution in [2.24, 2.45) is 0 Å². The molecule has 2 aromatic heterocycles. The monoisotopic (exact) mass is 228 g/mol. The van der Waals surface area contributed by atoms with Gasteiger partial charge in [-0.25, -0.2) is 4.79 Å². The fourth-order valence-corrected chi connectivity index (χ4v) is 1.84. The summed E-state index contributed by atoms with van der Waals surface area (Å²) in [5.74, 6) is -0.971. The molecule has 84 valence electrons. The molecule has 0 bridgehead atoms. The lowest BCUT2D eigenvalue weighted by molar-refractivity contribution is 0.0699. The van der Waals surface area contributed by atoms with Gasteiger partial charge >= 0.3 is 5.97 Å². The van der Waals surface area contributed by atoms with Crippen LogP contribution >= 0.6 is 0 Å². The van der Waals surface area contributed by atoms with Crippen molar-refractivity contribution in [3.63, 3.8) is 0 Å². The van der Waals surface area contributed by atoms with Crippen LogP contribution in [0.4, 0.5) is 0 Å². The Morgan fingerprint density at radius 1 is 1.35 bits per heavy atom. The number of benzene rings is 1. The minimum atomic E-state index is -0.971. The first-order valence-corrected chi connectivity index (χ1v) is 4.97. The van der Waals surface area contributed by atoms with Crippen molar-refractivity contribution in [1.29, 1.82) is 0 Å². The van der Waals surface area contributed by atoms with Gasteiger partial charge in [0.05, 0.1) is 17.3 Å². The van der Waals surface area contributed by atoms with Crippen LogP contribution in [0.2, 0.25) is 0 Å². The van der Waals surface area contributed by atoms with Crippen molar-refractivity contribution in [3.05, 3.63) is 36.2 Å². The molecule has 0 fully saturated rings. The van der Waals surface area contributed by atoms with E-state index in [1.165, 1.54) is 0 Å². The van der Waals surface area contributed by atoms with Gasteiger partial charge in [-0.15, -0.1) is 0 Å². The third-order valence-electron chi connectivity index (χ3n) is 2.59. The molecule has 3 aromatic rings. The standard InChI is InChI=1S/C11H8N4O2/c16-11(17)7-2-1-3-8-9(7)10(15-14-8)6-4-12-13-5-6/h1-5H,(H,12,13)(H,14,15)(H,16,17). The van der Waals surface area contributed by atoms with E-state index in [0.29, 0.717) is 16.6 Å². The number of carboxylic acid groups (broad SMARTS) is 1. The maximum atomic E-state index is 11.2. The number of nitrogens with one attached hydrogen (secondary N) is 2. The van der Waals surface area contributed by atoms with E-state index in [-0.39, 0.29) is 5.56 Å². The van der Waals surface area contributed by atoms with Crippen molar-refractivity contribution in [2.75, 3.05) is 0 Å². The van der Waals surface area contributed by atoms with Crippen LogP contribution in [0.15, 0.2) is 30.6 Å². The Morgan fingerprint density at radius 3 is 2.94 bits per heavy atom. The lowest BCUT2D eigenvalue weighted by Crippen LogP contribution is -1.96. The minimum absolute atomic E-state index is 0.229. The van der Waals surface area contributed by atoms with Gasteiger partial charge in [-0.3, -0.25) is 10.2 Å². The Labute approximate surface area is 95.3 Å². The van der Waals surface area contributed by atoms with Gasteiger partial charge in [-0.2, -0.15) is 10.2 Å². The van der Waals surface area contributed by atoms with E-state index in [0.717, 1.165) is 5.56 Å². The number of fused-ring (bicyclic) bond motifs is 1. The highest BCUT2D eigenvalue weighted by Gasteiger charge is 2.16. The van der Waals surface area contributed by atoms with Gasteiger partial charge in [0, 0.05) is 17.1 Å². The molecule has 0 saturated carbocycles. The molecule has 0 saturated heterocycles. The molecule has 1 aromatic carbocycles. The summed E-state index contributed by atoms with van der Waals surface area (Å²) in [6.45, 7) is 0. The van der Waals surface area contributed by atoms with Crippen molar-refractivity contribution in [2.45, 2.75) is 0 Å². The number of hydrogen-bond acceptors (Lipinski definition) is 3. The van der Waals surface area contributed by atoms with E-state index in [2.05, 4.69) is 20.4 Å². The van der Waals surface area contributed by atoms with E-state index < -0.39 is 5.97 Å². The normalized spacial score (nSPS) is 10.8. The molecule has 0 spiro atoms. The zero-order valence-corrected chi connectivity index (χ0v) is 8.64. The summed E-state index contributed by atoms with van der Waals surface area (Å²) in [5.41, 5.74) is 2.27. The van der Waals surface area contributed by atoms with Crippen molar-refractivity contribution < 1.29 is 9.90 Å². The quantitative estimate of drug-likeness (QED) is 0.621. The van der Waals surface area contributed by atoms with Crippen LogP contribution in [0.3, 0.4) is 0 Å². The molecular weight excluding hydrogens is 220 g/mol. The van der Waals surface area contributed by atoms with Gasteiger partial charge in [-0.1, -0.05) is 6.07 Å². The molecule has 6 heteroatoms. The number of carbonyl (C=O) groups is 1. The largest absolute Gasteiger partial charge is 0.478 e. The number of aromatic carboxylic acids is 1. The van der Waals surface area contributed by atoms with Gasteiger partial charge < -0.3 is 5.11 Å². The van der Waals surface area contributed by atoms with Gasteiger partial charge in [0.15, 0.2) is 0 Å². The number of hydrogen-bond donors (Lipinski definition) is 3.